The molecule has 0 spiro atoms. The van der Waals surface area contributed by atoms with Gasteiger partial charge in [0.1, 0.15) is 12.6 Å². The van der Waals surface area contributed by atoms with Crippen molar-refractivity contribution in [3.63, 3.8) is 0 Å². The molecule has 9 aromatic rings. The molecule has 4 heterocycles. The molecule has 0 N–H and O–H groups in total. The number of benzene rings is 5. The quantitative estimate of drug-likeness (QED) is 0.0756. The molecule has 9 rings (SSSR count). The van der Waals surface area contributed by atoms with Gasteiger partial charge in [-0.25, -0.2) is 9.97 Å². The third-order valence-electron chi connectivity index (χ3n) is 8.04. The summed E-state index contributed by atoms with van der Waals surface area (Å²) in [5.74, 6) is 0. The first-order valence-electron chi connectivity index (χ1n) is 16.9. The number of halogens is 6. The van der Waals surface area contributed by atoms with Crippen LogP contribution in [0.3, 0.4) is 0 Å². The van der Waals surface area contributed by atoms with Crippen molar-refractivity contribution in [2.24, 2.45) is 0 Å². The van der Waals surface area contributed by atoms with Crippen LogP contribution in [-0.4, -0.2) is 32.5 Å². The van der Waals surface area contributed by atoms with Crippen molar-refractivity contribution >= 4 is 64.0 Å². The molecular weight excluding hydrogens is 954 g/mol. The number of carbonyl (C=O) groups is 2. The number of pyridine rings is 4. The summed E-state index contributed by atoms with van der Waals surface area (Å²) in [6.45, 7) is 0. The first kappa shape index (κ1) is 42.9. The van der Waals surface area contributed by atoms with Crippen molar-refractivity contribution in [1.82, 2.24) is 19.9 Å². The fourth-order valence-corrected chi connectivity index (χ4v) is 5.45. The number of rotatable bonds is 4. The second-order valence-corrected chi connectivity index (χ2v) is 14.2. The summed E-state index contributed by atoms with van der Waals surface area (Å²) in [5.41, 5.74) is 8.65. The van der Waals surface area contributed by atoms with E-state index in [1.165, 1.54) is 0 Å². The minimum absolute atomic E-state index is 0. The fourth-order valence-electron chi connectivity index (χ4n) is 5.45. The number of para-hydroxylation sites is 2. The van der Waals surface area contributed by atoms with Crippen molar-refractivity contribution in [1.29, 1.82) is 0 Å². The second-order valence-electron chi connectivity index (χ2n) is 12.3. The van der Waals surface area contributed by atoms with Gasteiger partial charge in [0, 0.05) is 56.2 Å². The normalized spacial score (nSPS) is 11.9. The monoisotopic (exact) mass is 982 g/mol. The molecule has 6 nitrogen and oxygen atoms in total. The van der Waals surface area contributed by atoms with Gasteiger partial charge in [-0.1, -0.05) is 97.1 Å². The van der Waals surface area contributed by atoms with E-state index >= 15 is 0 Å². The Labute approximate surface area is 341 Å². The van der Waals surface area contributed by atoms with E-state index in [9.17, 15) is 34.8 Å². The van der Waals surface area contributed by atoms with Crippen LogP contribution in [0.2, 0.25) is 0 Å². The van der Waals surface area contributed by atoms with Crippen molar-refractivity contribution in [3.05, 3.63) is 181 Å². The van der Waals surface area contributed by atoms with Gasteiger partial charge in [-0.3, -0.25) is 19.6 Å². The van der Waals surface area contributed by atoms with Crippen LogP contribution >= 0.6 is 7.81 Å². The molecule has 14 heteroatoms. The van der Waals surface area contributed by atoms with E-state index < -0.39 is 7.81 Å². The molecule has 0 unspecified atom stereocenters. The van der Waals surface area contributed by atoms with Crippen LogP contribution in [0.25, 0.3) is 66.1 Å². The molecule has 0 aliphatic rings. The Hall–Kier alpha value is -6.26. The van der Waals surface area contributed by atoms with Gasteiger partial charge in [-0.05, 0) is 60.7 Å². The zero-order valence-corrected chi connectivity index (χ0v) is 33.1. The predicted octanol–water partition coefficient (Wildman–Crippen LogP) is 13.2. The van der Waals surface area contributed by atoms with E-state index in [1.54, 1.807) is 36.7 Å². The molecule has 0 atom stereocenters. The van der Waals surface area contributed by atoms with Gasteiger partial charge < -0.3 is 0 Å². The number of fused-ring (bicyclic) bond motifs is 5. The Balaban J connectivity index is 0.000000153. The first-order valence-corrected chi connectivity index (χ1v) is 19.0. The first-order chi connectivity index (χ1) is 27.1. The average molecular weight is 982 g/mol. The summed E-state index contributed by atoms with van der Waals surface area (Å²) in [4.78, 5) is 39.0. The molecule has 290 valence electrons. The molecule has 0 saturated heterocycles. The van der Waals surface area contributed by atoms with Gasteiger partial charge in [0.05, 0.1) is 33.5 Å². The summed E-state index contributed by atoms with van der Waals surface area (Å²) in [6, 6.07) is 52.9. The van der Waals surface area contributed by atoms with E-state index in [2.05, 4.69) is 56.3 Å². The molecule has 4 aromatic heterocycles. The zero-order valence-electron chi connectivity index (χ0n) is 29.8. The molecule has 0 bridgehead atoms. The van der Waals surface area contributed by atoms with E-state index in [1.807, 2.05) is 97.1 Å². The second kappa shape index (κ2) is 17.5. The van der Waals surface area contributed by atoms with E-state index in [0.717, 1.165) is 78.7 Å². The van der Waals surface area contributed by atoms with E-state index in [4.69, 9.17) is 0 Å². The SMILES string of the molecule is F[P-](F)(F)(F)(F)F.O=Cc1c[c]c(-c2ccc3ccccc3n2)cc1.O=Cc1c[c]c(-c2ccc3ccccc3n2)cc1.[Ir+3].c1cnc2c(c1)ccc1cccnc12. The van der Waals surface area contributed by atoms with Gasteiger partial charge in [-0.2, -0.15) is 0 Å². The topological polar surface area (TPSA) is 85.7 Å². The Bertz CT molecular complexity index is 2660. The largest absolute Gasteiger partial charge is 3.00 e. The van der Waals surface area contributed by atoms with Crippen molar-refractivity contribution < 1.29 is 54.9 Å². The molecule has 58 heavy (non-hydrogen) atoms. The van der Waals surface area contributed by atoms with Crippen molar-refractivity contribution in [2.45, 2.75) is 0 Å². The minimum Gasteiger partial charge on any atom is -0.298 e. The van der Waals surface area contributed by atoms with Gasteiger partial charge in [-0.15, -0.1) is 0 Å². The number of aromatic nitrogens is 4. The fraction of sp³-hybridized carbons (Fsp3) is 0. The summed E-state index contributed by atoms with van der Waals surface area (Å²) < 4.78 is 59.2. The molecule has 0 amide bonds. The Morgan fingerprint density at radius 2 is 0.810 bits per heavy atom. The zero-order chi connectivity index (χ0) is 40.5. The van der Waals surface area contributed by atoms with Crippen LogP contribution in [0.15, 0.2) is 158 Å². The standard InChI is InChI=1S/2C16H10NO.C12H8N2.F6P.Ir/c2*18-11-12-5-7-14(8-6-12)16-10-9-13-3-1-2-4-15(13)17-16;1-3-9-5-6-10-4-2-8-14-12(10)11(9)13-7-1;1-7(2,3,4,5)6;/h2*1-7,9-11H;1-8H;;/q;;;-1;+3. The summed E-state index contributed by atoms with van der Waals surface area (Å²) in [6.07, 6.45) is 5.23. The number of carbonyl (C=O) groups excluding carboxylic acids is 2. The molecule has 0 aliphatic heterocycles. The number of hydrogen-bond donors (Lipinski definition) is 0. The van der Waals surface area contributed by atoms with Gasteiger partial charge in [0.15, 0.2) is 0 Å². The Morgan fingerprint density at radius 3 is 1.17 bits per heavy atom. The van der Waals surface area contributed by atoms with Gasteiger partial charge in [0.25, 0.3) is 0 Å². The van der Waals surface area contributed by atoms with Gasteiger partial charge >= 0.3 is 53.1 Å². The third-order valence-corrected chi connectivity index (χ3v) is 8.04. The Kier molecular flexibility index (Phi) is 12.9. The van der Waals surface area contributed by atoms with E-state index in [-0.39, 0.29) is 20.1 Å². The molecule has 0 fully saturated rings. The molecule has 5 aromatic carbocycles. The molecular formula is C44H28F6IrN4O2P+2. The van der Waals surface area contributed by atoms with Crippen LogP contribution in [0.1, 0.15) is 20.7 Å². The summed E-state index contributed by atoms with van der Waals surface area (Å²) in [5, 5.41) is 4.51. The molecule has 0 aliphatic carbocycles. The van der Waals surface area contributed by atoms with Crippen LogP contribution < -0.4 is 0 Å². The Morgan fingerprint density at radius 1 is 0.448 bits per heavy atom. The number of aldehydes is 2. The molecule has 0 saturated carbocycles. The molecule has 2 radical (unpaired) electrons. The number of nitrogens with zero attached hydrogens (tertiary/aromatic N) is 4. The number of hydrogen-bond acceptors (Lipinski definition) is 6. The smallest absolute Gasteiger partial charge is 0.298 e. The predicted molar refractivity (Wildman–Crippen MR) is 213 cm³/mol. The minimum atomic E-state index is -10.7. The van der Waals surface area contributed by atoms with Crippen LogP contribution in [0.4, 0.5) is 25.2 Å². The van der Waals surface area contributed by atoms with Crippen molar-refractivity contribution in [2.75, 3.05) is 0 Å². The third kappa shape index (κ3) is 12.6. The van der Waals surface area contributed by atoms with Gasteiger partial charge in [0.2, 0.25) is 0 Å². The summed E-state index contributed by atoms with van der Waals surface area (Å²) in [7, 11) is -10.7. The van der Waals surface area contributed by atoms with Crippen LogP contribution in [0.5, 0.6) is 0 Å². The maximum atomic E-state index is 10.6. The summed E-state index contributed by atoms with van der Waals surface area (Å²) >= 11 is 0. The van der Waals surface area contributed by atoms with E-state index in [0.29, 0.717) is 11.1 Å². The maximum Gasteiger partial charge on any atom is 3.00 e. The van der Waals surface area contributed by atoms with Crippen LogP contribution in [-0.2, 0) is 20.1 Å². The maximum absolute atomic E-state index is 10.7. The van der Waals surface area contributed by atoms with Crippen LogP contribution in [0, 0.1) is 12.1 Å². The average Bonchev–Trinajstić information content (AvgIpc) is 3.22. The van der Waals surface area contributed by atoms with Crippen molar-refractivity contribution in [3.8, 4) is 22.5 Å².